The molecule has 0 bridgehead atoms. The first-order valence-electron chi connectivity index (χ1n) is 6.08. The Balaban J connectivity index is 2.00. The molecule has 0 saturated heterocycles. The summed E-state index contributed by atoms with van der Waals surface area (Å²) in [5.74, 6) is 0. The Morgan fingerprint density at radius 3 is 3.05 bits per heavy atom. The fourth-order valence-electron chi connectivity index (χ4n) is 2.48. The summed E-state index contributed by atoms with van der Waals surface area (Å²) in [6.07, 6.45) is 1.68. The van der Waals surface area contributed by atoms with Crippen LogP contribution in [0.5, 0.6) is 0 Å². The third-order valence-electron chi connectivity index (χ3n) is 3.41. The van der Waals surface area contributed by atoms with Crippen molar-refractivity contribution in [1.82, 2.24) is 14.5 Å². The van der Waals surface area contributed by atoms with Gasteiger partial charge >= 0.3 is 5.69 Å². The Hall–Kier alpha value is -2.40. The molecule has 19 heavy (non-hydrogen) atoms. The van der Waals surface area contributed by atoms with Crippen LogP contribution in [-0.4, -0.2) is 14.5 Å². The van der Waals surface area contributed by atoms with Crippen LogP contribution in [0.15, 0.2) is 41.3 Å². The number of pyridine rings is 1. The summed E-state index contributed by atoms with van der Waals surface area (Å²) in [5.41, 5.74) is 4.35. The van der Waals surface area contributed by atoms with Crippen molar-refractivity contribution in [1.29, 1.82) is 0 Å². The van der Waals surface area contributed by atoms with Crippen molar-refractivity contribution in [3.8, 4) is 5.69 Å². The lowest BCUT2D eigenvalue weighted by Gasteiger charge is -2.04. The maximum absolute atomic E-state index is 12.1. The number of ether oxygens (including phenoxy) is 1. The minimum Gasteiger partial charge on any atom is -0.372 e. The first-order chi connectivity index (χ1) is 9.33. The number of hydrogen-bond donors (Lipinski definition) is 1. The number of aromatic nitrogens is 3. The number of fused-ring (bicyclic) bond motifs is 2. The number of aromatic amines is 1. The van der Waals surface area contributed by atoms with E-state index in [1.165, 1.54) is 5.56 Å². The summed E-state index contributed by atoms with van der Waals surface area (Å²) in [7, 11) is 0. The normalized spacial score (nSPS) is 13.9. The van der Waals surface area contributed by atoms with Crippen LogP contribution in [0.1, 0.15) is 11.1 Å². The molecule has 1 N–H and O–H groups in total. The van der Waals surface area contributed by atoms with Gasteiger partial charge in [-0.25, -0.2) is 14.3 Å². The van der Waals surface area contributed by atoms with Crippen molar-refractivity contribution in [2.24, 2.45) is 0 Å². The summed E-state index contributed by atoms with van der Waals surface area (Å²) in [6.45, 7) is 1.25. The molecule has 0 amide bonds. The molecule has 4 rings (SSSR count). The Kier molecular flexibility index (Phi) is 2.10. The van der Waals surface area contributed by atoms with Crippen LogP contribution in [0.2, 0.25) is 0 Å². The maximum atomic E-state index is 12.1. The van der Waals surface area contributed by atoms with Crippen LogP contribution in [0, 0.1) is 0 Å². The first-order valence-corrected chi connectivity index (χ1v) is 6.08. The number of imidazole rings is 1. The van der Waals surface area contributed by atoms with Gasteiger partial charge in [-0.05, 0) is 35.4 Å². The van der Waals surface area contributed by atoms with Crippen molar-refractivity contribution in [2.45, 2.75) is 13.2 Å². The van der Waals surface area contributed by atoms with Crippen molar-refractivity contribution in [3.05, 3.63) is 58.1 Å². The highest BCUT2D eigenvalue weighted by molar-refractivity contribution is 5.72. The predicted octanol–water partition coefficient (Wildman–Crippen LogP) is 1.74. The van der Waals surface area contributed by atoms with Gasteiger partial charge in [-0.1, -0.05) is 6.07 Å². The highest BCUT2D eigenvalue weighted by Crippen LogP contribution is 2.23. The second-order valence-electron chi connectivity index (χ2n) is 4.59. The molecule has 0 fully saturated rings. The standard InChI is InChI=1S/C14H11N3O2/c18-14-16-12-2-1-5-15-13(12)17(14)11-4-3-9-7-19-8-10(9)6-11/h1-6H,7-8H2,(H,16,18). The molecule has 1 aromatic carbocycles. The molecule has 1 aliphatic rings. The van der Waals surface area contributed by atoms with Crippen molar-refractivity contribution < 1.29 is 4.74 Å². The molecule has 0 spiro atoms. The average Bonchev–Trinajstić information content (AvgIpc) is 3.00. The van der Waals surface area contributed by atoms with Gasteiger partial charge in [0.15, 0.2) is 5.65 Å². The average molecular weight is 253 g/mol. The molecule has 94 valence electrons. The maximum Gasteiger partial charge on any atom is 0.332 e. The molecular weight excluding hydrogens is 242 g/mol. The molecule has 3 aromatic rings. The lowest BCUT2D eigenvalue weighted by Crippen LogP contribution is -2.15. The number of H-pyrrole nitrogens is 1. The van der Waals surface area contributed by atoms with Crippen LogP contribution < -0.4 is 5.69 Å². The van der Waals surface area contributed by atoms with Crippen molar-refractivity contribution in [2.75, 3.05) is 0 Å². The zero-order chi connectivity index (χ0) is 12.8. The van der Waals surface area contributed by atoms with Gasteiger partial charge in [0.25, 0.3) is 0 Å². The molecule has 2 aromatic heterocycles. The van der Waals surface area contributed by atoms with Gasteiger partial charge in [-0.2, -0.15) is 0 Å². The Labute approximate surface area is 108 Å². The Morgan fingerprint density at radius 2 is 2.11 bits per heavy atom. The summed E-state index contributed by atoms with van der Waals surface area (Å²) < 4.78 is 6.99. The molecule has 0 aliphatic carbocycles. The second-order valence-corrected chi connectivity index (χ2v) is 4.59. The van der Waals surface area contributed by atoms with Crippen molar-refractivity contribution >= 4 is 11.2 Å². The van der Waals surface area contributed by atoms with Gasteiger partial charge in [0.1, 0.15) is 0 Å². The van der Waals surface area contributed by atoms with E-state index in [1.807, 2.05) is 24.3 Å². The summed E-state index contributed by atoms with van der Waals surface area (Å²) >= 11 is 0. The van der Waals surface area contributed by atoms with Crippen LogP contribution in [0.3, 0.4) is 0 Å². The third-order valence-corrected chi connectivity index (χ3v) is 3.41. The zero-order valence-electron chi connectivity index (χ0n) is 10.1. The lowest BCUT2D eigenvalue weighted by molar-refractivity contribution is 0.134. The molecule has 5 nitrogen and oxygen atoms in total. The van der Waals surface area contributed by atoms with E-state index in [1.54, 1.807) is 16.8 Å². The minimum atomic E-state index is -0.174. The smallest absolute Gasteiger partial charge is 0.332 e. The van der Waals surface area contributed by atoms with Crippen LogP contribution in [0.4, 0.5) is 0 Å². The van der Waals surface area contributed by atoms with Crippen molar-refractivity contribution in [3.63, 3.8) is 0 Å². The summed E-state index contributed by atoms with van der Waals surface area (Å²) in [5, 5.41) is 0. The highest BCUT2D eigenvalue weighted by atomic mass is 16.5. The molecule has 0 saturated carbocycles. The number of benzene rings is 1. The summed E-state index contributed by atoms with van der Waals surface area (Å²) in [6, 6.07) is 9.57. The monoisotopic (exact) mass is 253 g/mol. The molecule has 0 atom stereocenters. The van der Waals surface area contributed by atoms with Gasteiger partial charge in [0.2, 0.25) is 0 Å². The topological polar surface area (TPSA) is 59.9 Å². The Morgan fingerprint density at radius 1 is 1.21 bits per heavy atom. The number of hydrogen-bond acceptors (Lipinski definition) is 3. The number of rotatable bonds is 1. The van der Waals surface area contributed by atoms with Gasteiger partial charge in [-0.3, -0.25) is 0 Å². The zero-order valence-corrected chi connectivity index (χ0v) is 10.1. The van der Waals surface area contributed by atoms with E-state index in [2.05, 4.69) is 9.97 Å². The minimum absolute atomic E-state index is 0.174. The fraction of sp³-hybridized carbons (Fsp3) is 0.143. The van der Waals surface area contributed by atoms with E-state index in [-0.39, 0.29) is 5.69 Å². The van der Waals surface area contributed by atoms with Gasteiger partial charge in [0, 0.05) is 6.20 Å². The molecule has 0 unspecified atom stereocenters. The van der Waals surface area contributed by atoms with Crippen LogP contribution in [-0.2, 0) is 18.0 Å². The fourth-order valence-corrected chi connectivity index (χ4v) is 2.48. The highest BCUT2D eigenvalue weighted by Gasteiger charge is 2.14. The predicted molar refractivity (Wildman–Crippen MR) is 70.2 cm³/mol. The molecular formula is C14H11N3O2. The molecule has 1 aliphatic heterocycles. The van der Waals surface area contributed by atoms with Crippen LogP contribution in [0.25, 0.3) is 16.9 Å². The largest absolute Gasteiger partial charge is 0.372 e. The molecule has 3 heterocycles. The van der Waals surface area contributed by atoms with E-state index in [0.29, 0.717) is 18.9 Å². The van der Waals surface area contributed by atoms with E-state index < -0.39 is 0 Å². The third kappa shape index (κ3) is 1.52. The first kappa shape index (κ1) is 10.5. The molecule has 0 radical (unpaired) electrons. The van der Waals surface area contributed by atoms with Gasteiger partial charge in [-0.15, -0.1) is 0 Å². The van der Waals surface area contributed by atoms with E-state index in [9.17, 15) is 4.79 Å². The number of nitrogens with one attached hydrogen (secondary N) is 1. The van der Waals surface area contributed by atoms with E-state index in [4.69, 9.17) is 4.74 Å². The molecule has 5 heteroatoms. The van der Waals surface area contributed by atoms with E-state index in [0.717, 1.165) is 16.8 Å². The summed E-state index contributed by atoms with van der Waals surface area (Å²) in [4.78, 5) is 19.2. The SMILES string of the molecule is O=c1[nH]c2cccnc2n1-c1ccc2c(c1)COC2. The Bertz CT molecular complexity index is 832. The quantitative estimate of drug-likeness (QED) is 0.718. The van der Waals surface area contributed by atoms with Gasteiger partial charge < -0.3 is 9.72 Å². The lowest BCUT2D eigenvalue weighted by atomic mass is 10.1. The second kappa shape index (κ2) is 3.80. The van der Waals surface area contributed by atoms with E-state index >= 15 is 0 Å². The van der Waals surface area contributed by atoms with Gasteiger partial charge in [0.05, 0.1) is 24.4 Å². The number of nitrogens with zero attached hydrogens (tertiary/aromatic N) is 2. The van der Waals surface area contributed by atoms with Crippen LogP contribution >= 0.6 is 0 Å².